The fourth-order valence-corrected chi connectivity index (χ4v) is 3.96. The Morgan fingerprint density at radius 1 is 1.03 bits per heavy atom. The first kappa shape index (κ1) is 26.0. The van der Waals surface area contributed by atoms with Crippen molar-refractivity contribution in [3.8, 4) is 0 Å². The molecule has 1 heterocycles. The molecule has 1 aromatic heterocycles. The van der Waals surface area contributed by atoms with E-state index in [0.29, 0.717) is 30.8 Å². The smallest absolute Gasteiger partial charge is 0.335 e. The molecular formula is C26H30N4O4S. The van der Waals surface area contributed by atoms with E-state index >= 15 is 0 Å². The zero-order valence-corrected chi connectivity index (χ0v) is 20.5. The fourth-order valence-electron chi connectivity index (χ4n) is 3.66. The molecule has 1 unspecified atom stereocenters. The van der Waals surface area contributed by atoms with Gasteiger partial charge < -0.3 is 9.67 Å². The van der Waals surface area contributed by atoms with Crippen molar-refractivity contribution in [2.75, 3.05) is 5.75 Å². The van der Waals surface area contributed by atoms with Crippen molar-refractivity contribution in [2.45, 2.75) is 39.2 Å². The molecule has 184 valence electrons. The molecule has 3 rings (SSSR count). The molecule has 0 aliphatic carbocycles. The molecule has 0 spiro atoms. The quantitative estimate of drug-likeness (QED) is 0.241. The molecule has 8 nitrogen and oxygen atoms in total. The molecule has 9 heteroatoms. The van der Waals surface area contributed by atoms with Crippen LogP contribution in [-0.4, -0.2) is 38.2 Å². The van der Waals surface area contributed by atoms with Crippen molar-refractivity contribution in [1.29, 1.82) is 0 Å². The number of nitrogens with one attached hydrogen (secondary N) is 2. The van der Waals surface area contributed by atoms with Gasteiger partial charge in [0.15, 0.2) is 0 Å². The van der Waals surface area contributed by atoms with Crippen LogP contribution in [0.25, 0.3) is 0 Å². The number of thiol groups is 1. The molecule has 35 heavy (non-hydrogen) atoms. The summed E-state index contributed by atoms with van der Waals surface area (Å²) in [7, 11) is 0. The minimum absolute atomic E-state index is 0.195. The summed E-state index contributed by atoms with van der Waals surface area (Å²) in [6, 6.07) is 16.1. The van der Waals surface area contributed by atoms with E-state index in [9.17, 15) is 14.4 Å². The number of aromatic nitrogens is 2. The zero-order chi connectivity index (χ0) is 25.2. The number of carbonyl (C=O) groups excluding carboxylic acids is 2. The van der Waals surface area contributed by atoms with Crippen LogP contribution in [0.5, 0.6) is 0 Å². The number of unbranched alkanes of at least 4 members (excludes halogenated alkanes) is 1. The Hall–Kier alpha value is -3.59. The third-order valence-electron chi connectivity index (χ3n) is 5.68. The Balaban J connectivity index is 1.71. The predicted molar refractivity (Wildman–Crippen MR) is 136 cm³/mol. The highest BCUT2D eigenvalue weighted by atomic mass is 32.1. The molecule has 0 aliphatic heterocycles. The number of aryl methyl sites for hydroxylation is 1. The Morgan fingerprint density at radius 3 is 2.37 bits per heavy atom. The van der Waals surface area contributed by atoms with Crippen molar-refractivity contribution in [3.63, 3.8) is 0 Å². The van der Waals surface area contributed by atoms with Crippen molar-refractivity contribution in [1.82, 2.24) is 20.4 Å². The molecule has 0 saturated carbocycles. The molecule has 0 fully saturated rings. The third-order valence-corrected chi connectivity index (χ3v) is 6.12. The van der Waals surface area contributed by atoms with Gasteiger partial charge in [0.1, 0.15) is 11.5 Å². The summed E-state index contributed by atoms with van der Waals surface area (Å²) in [5, 5.41) is 9.13. The number of carboxylic acid groups (broad SMARTS) is 1. The summed E-state index contributed by atoms with van der Waals surface area (Å²) in [6.07, 6.45) is 4.60. The first-order chi connectivity index (χ1) is 16.9. The van der Waals surface area contributed by atoms with Crippen molar-refractivity contribution in [3.05, 3.63) is 89.0 Å². The van der Waals surface area contributed by atoms with Gasteiger partial charge in [-0.05, 0) is 36.1 Å². The summed E-state index contributed by atoms with van der Waals surface area (Å²) in [5.74, 6) is -1.11. The molecule has 0 bridgehead atoms. The van der Waals surface area contributed by atoms with Gasteiger partial charge in [0, 0.05) is 18.7 Å². The summed E-state index contributed by atoms with van der Waals surface area (Å²) in [4.78, 5) is 41.2. The number of amides is 2. The molecule has 0 aliphatic rings. The Kier molecular flexibility index (Phi) is 9.48. The van der Waals surface area contributed by atoms with Crippen molar-refractivity contribution in [2.24, 2.45) is 5.92 Å². The first-order valence-corrected chi connectivity index (χ1v) is 12.2. The van der Waals surface area contributed by atoms with E-state index in [1.54, 1.807) is 16.7 Å². The van der Waals surface area contributed by atoms with Crippen LogP contribution in [-0.2, 0) is 24.2 Å². The fraction of sp³-hybridized carbons (Fsp3) is 0.308. The van der Waals surface area contributed by atoms with Gasteiger partial charge in [-0.3, -0.25) is 20.4 Å². The lowest BCUT2D eigenvalue weighted by molar-refractivity contribution is -0.125. The number of rotatable bonds is 11. The average Bonchev–Trinajstić information content (AvgIpc) is 3.27. The van der Waals surface area contributed by atoms with E-state index in [1.807, 2.05) is 30.3 Å². The van der Waals surface area contributed by atoms with E-state index in [2.05, 4.69) is 35.4 Å². The number of carbonyl (C=O) groups is 3. The van der Waals surface area contributed by atoms with Crippen LogP contribution < -0.4 is 10.9 Å². The Bertz CT molecular complexity index is 1150. The summed E-state index contributed by atoms with van der Waals surface area (Å²) >= 11 is 4.30. The van der Waals surface area contributed by atoms with Gasteiger partial charge in [-0.25, -0.2) is 9.78 Å². The first-order valence-electron chi connectivity index (χ1n) is 11.5. The second-order valence-corrected chi connectivity index (χ2v) is 8.63. The molecule has 3 N–H and O–H groups in total. The van der Waals surface area contributed by atoms with Crippen molar-refractivity contribution < 1.29 is 19.5 Å². The lowest BCUT2D eigenvalue weighted by atomic mass is 10.0. The number of hydrogen-bond donors (Lipinski definition) is 4. The van der Waals surface area contributed by atoms with Gasteiger partial charge in [-0.15, -0.1) is 0 Å². The number of hydrazine groups is 1. The lowest BCUT2D eigenvalue weighted by Gasteiger charge is -2.16. The highest BCUT2D eigenvalue weighted by molar-refractivity contribution is 7.80. The molecular weight excluding hydrogens is 464 g/mol. The van der Waals surface area contributed by atoms with Crippen molar-refractivity contribution >= 4 is 30.4 Å². The van der Waals surface area contributed by atoms with Crippen LogP contribution in [0.4, 0.5) is 0 Å². The number of aromatic carboxylic acids is 1. The van der Waals surface area contributed by atoms with Gasteiger partial charge in [0.2, 0.25) is 5.91 Å². The SMILES string of the molecule is CCCCc1ncc(C(=O)NNC(=O)C(CS)Cc2ccccc2)n1Cc1ccc(C(=O)O)cc1. The molecule has 2 aromatic carbocycles. The summed E-state index contributed by atoms with van der Waals surface area (Å²) < 4.78 is 1.80. The monoisotopic (exact) mass is 494 g/mol. The molecule has 0 saturated heterocycles. The maximum absolute atomic E-state index is 13.0. The van der Waals surface area contributed by atoms with Crippen LogP contribution >= 0.6 is 12.6 Å². The van der Waals surface area contributed by atoms with Gasteiger partial charge in [-0.2, -0.15) is 12.6 Å². The maximum atomic E-state index is 13.0. The Morgan fingerprint density at radius 2 is 1.74 bits per heavy atom. The van der Waals surface area contributed by atoms with Gasteiger partial charge >= 0.3 is 5.97 Å². The Labute approximate surface area is 210 Å². The third kappa shape index (κ3) is 7.19. The molecule has 2 amide bonds. The zero-order valence-electron chi connectivity index (χ0n) is 19.6. The van der Waals surface area contributed by atoms with Gasteiger partial charge in [0.05, 0.1) is 17.7 Å². The molecule has 1 atom stereocenters. The second kappa shape index (κ2) is 12.8. The van der Waals surface area contributed by atoms with Crippen LogP contribution in [0.15, 0.2) is 60.8 Å². The molecule has 3 aromatic rings. The summed E-state index contributed by atoms with van der Waals surface area (Å²) in [6.45, 7) is 2.43. The van der Waals surface area contributed by atoms with E-state index in [0.717, 1.165) is 29.8 Å². The van der Waals surface area contributed by atoms with Gasteiger partial charge in [-0.1, -0.05) is 55.8 Å². The second-order valence-electron chi connectivity index (χ2n) is 8.26. The summed E-state index contributed by atoms with van der Waals surface area (Å²) in [5.41, 5.74) is 7.38. The number of imidazole rings is 1. The van der Waals surface area contributed by atoms with Crippen LogP contribution in [0.1, 0.15) is 57.6 Å². The number of nitrogens with zero attached hydrogens (tertiary/aromatic N) is 2. The highest BCUT2D eigenvalue weighted by Crippen LogP contribution is 2.14. The normalized spacial score (nSPS) is 11.6. The van der Waals surface area contributed by atoms with E-state index in [4.69, 9.17) is 5.11 Å². The predicted octanol–water partition coefficient (Wildman–Crippen LogP) is 3.52. The van der Waals surface area contributed by atoms with Gasteiger partial charge in [0.25, 0.3) is 5.91 Å². The highest BCUT2D eigenvalue weighted by Gasteiger charge is 2.21. The minimum Gasteiger partial charge on any atom is -0.478 e. The number of benzene rings is 2. The van der Waals surface area contributed by atoms with E-state index in [-0.39, 0.29) is 11.5 Å². The van der Waals surface area contributed by atoms with E-state index < -0.39 is 17.8 Å². The average molecular weight is 495 g/mol. The minimum atomic E-state index is -0.995. The number of hydrogen-bond acceptors (Lipinski definition) is 5. The topological polar surface area (TPSA) is 113 Å². The standard InChI is InChI=1S/C26H30N4O4S/c1-2-3-9-23-27-15-22(30(23)16-19-10-12-20(13-11-19)26(33)34)25(32)29-28-24(31)21(17-35)14-18-7-5-4-6-8-18/h4-8,10-13,15,21,35H,2-3,9,14,16-17H2,1H3,(H,28,31)(H,29,32)(H,33,34). The maximum Gasteiger partial charge on any atom is 0.335 e. The lowest BCUT2D eigenvalue weighted by Crippen LogP contribution is -2.46. The van der Waals surface area contributed by atoms with Crippen LogP contribution in [0.2, 0.25) is 0 Å². The molecule has 0 radical (unpaired) electrons. The van der Waals surface area contributed by atoms with E-state index in [1.165, 1.54) is 18.3 Å². The largest absolute Gasteiger partial charge is 0.478 e. The van der Waals surface area contributed by atoms with Crippen LogP contribution in [0.3, 0.4) is 0 Å². The number of carboxylic acids is 1. The van der Waals surface area contributed by atoms with Crippen LogP contribution in [0, 0.1) is 5.92 Å².